The monoisotopic (exact) mass is 471 g/mol. The molecule has 3 aromatic rings. The average molecular weight is 471 g/mol. The Kier molecular flexibility index (Phi) is 6.15. The number of rotatable bonds is 8. The number of ether oxygens (including phenoxy) is 1. The van der Waals surface area contributed by atoms with Crippen molar-refractivity contribution < 1.29 is 22.4 Å². The van der Waals surface area contributed by atoms with Crippen molar-refractivity contribution >= 4 is 22.2 Å². The summed E-state index contributed by atoms with van der Waals surface area (Å²) in [5.41, 5.74) is -3.06. The lowest BCUT2D eigenvalue weighted by Gasteiger charge is -2.37. The number of thiazole rings is 1. The van der Waals surface area contributed by atoms with Gasteiger partial charge in [-0.2, -0.15) is 23.3 Å². The minimum atomic E-state index is -4.81. The van der Waals surface area contributed by atoms with Gasteiger partial charge in [0.2, 0.25) is 0 Å². The van der Waals surface area contributed by atoms with Crippen LogP contribution in [0.5, 0.6) is 0 Å². The van der Waals surface area contributed by atoms with Crippen LogP contribution >= 0.6 is 11.3 Å². The maximum absolute atomic E-state index is 13.1. The third-order valence-corrected chi connectivity index (χ3v) is 5.72. The Morgan fingerprint density at radius 2 is 2.19 bits per heavy atom. The molecule has 2 N–H and O–H groups in total. The van der Waals surface area contributed by atoms with Gasteiger partial charge in [0.25, 0.3) is 11.4 Å². The number of halogens is 3. The topological polar surface area (TPSA) is 122 Å². The van der Waals surface area contributed by atoms with Gasteiger partial charge in [-0.05, 0) is 13.8 Å². The molecule has 14 heteroatoms. The number of anilines is 2. The summed E-state index contributed by atoms with van der Waals surface area (Å²) in [4.78, 5) is 23.5. The number of hydrogen-bond donors (Lipinski definition) is 2. The molecule has 0 radical (unpaired) electrons. The lowest BCUT2D eigenvalue weighted by molar-refractivity contribution is -0.138. The van der Waals surface area contributed by atoms with Gasteiger partial charge in [0.05, 0.1) is 24.4 Å². The Morgan fingerprint density at radius 1 is 1.41 bits per heavy atom. The van der Waals surface area contributed by atoms with Crippen LogP contribution < -0.4 is 15.8 Å². The second-order valence-corrected chi connectivity index (χ2v) is 8.66. The molecule has 0 spiro atoms. The zero-order valence-electron chi connectivity index (χ0n) is 17.1. The van der Waals surface area contributed by atoms with Gasteiger partial charge in [0.1, 0.15) is 12.2 Å². The van der Waals surface area contributed by atoms with Crippen LogP contribution in [0.1, 0.15) is 35.0 Å². The maximum atomic E-state index is 13.1. The van der Waals surface area contributed by atoms with Crippen LogP contribution in [0.3, 0.4) is 0 Å². The molecule has 1 aliphatic heterocycles. The van der Waals surface area contributed by atoms with Gasteiger partial charge >= 0.3 is 6.18 Å². The smallest absolute Gasteiger partial charge is 0.378 e. The van der Waals surface area contributed by atoms with Crippen LogP contribution in [0.15, 0.2) is 21.7 Å². The van der Waals surface area contributed by atoms with Crippen molar-refractivity contribution in [3.05, 3.63) is 44.9 Å². The van der Waals surface area contributed by atoms with Gasteiger partial charge in [0, 0.05) is 30.2 Å². The highest BCUT2D eigenvalue weighted by Crippen LogP contribution is 2.33. The van der Waals surface area contributed by atoms with E-state index in [-0.39, 0.29) is 25.0 Å². The van der Waals surface area contributed by atoms with E-state index in [1.165, 1.54) is 0 Å². The number of aromatic amines is 1. The molecule has 1 atom stereocenters. The molecule has 0 aliphatic carbocycles. The Hall–Kier alpha value is -3.00. The van der Waals surface area contributed by atoms with Gasteiger partial charge in [0.15, 0.2) is 11.0 Å². The van der Waals surface area contributed by atoms with Crippen LogP contribution in [0.4, 0.5) is 24.0 Å². The lowest BCUT2D eigenvalue weighted by Crippen LogP contribution is -2.45. The first-order valence-corrected chi connectivity index (χ1v) is 10.5. The van der Waals surface area contributed by atoms with Gasteiger partial charge in [-0.15, -0.1) is 11.3 Å². The summed E-state index contributed by atoms with van der Waals surface area (Å²) in [6, 6.07) is -0.538. The first-order chi connectivity index (χ1) is 15.2. The van der Waals surface area contributed by atoms with Crippen LogP contribution in [-0.2, 0) is 17.5 Å². The number of alkyl halides is 3. The summed E-state index contributed by atoms with van der Waals surface area (Å²) in [5.74, 6) is 1.01. The zero-order chi connectivity index (χ0) is 22.9. The van der Waals surface area contributed by atoms with E-state index < -0.39 is 29.0 Å². The van der Waals surface area contributed by atoms with Crippen molar-refractivity contribution in [2.75, 3.05) is 29.9 Å². The van der Waals surface area contributed by atoms with Crippen molar-refractivity contribution in [1.82, 2.24) is 25.3 Å². The standard InChI is InChI=1S/C18H20F3N7O3S/c1-9(24-12-4-23-26-16(29)14(12)18(19,20)21)7-30-8-13-25-15(27-31-13)11-5-28(6-11)17-22-3-10(2)32-17/h3-4,9,11H,5-8H2,1-2H3,(H2,24,26,29). The molecule has 1 unspecified atom stereocenters. The normalized spacial score (nSPS) is 15.6. The summed E-state index contributed by atoms with van der Waals surface area (Å²) in [6.07, 6.45) is -2.06. The first-order valence-electron chi connectivity index (χ1n) is 9.69. The number of aromatic nitrogens is 5. The second-order valence-electron chi connectivity index (χ2n) is 7.45. The third-order valence-electron chi connectivity index (χ3n) is 4.74. The summed E-state index contributed by atoms with van der Waals surface area (Å²) >= 11 is 1.63. The molecule has 4 heterocycles. The molecular formula is C18H20F3N7O3S. The highest BCUT2D eigenvalue weighted by Gasteiger charge is 2.37. The van der Waals surface area contributed by atoms with Crippen molar-refractivity contribution in [1.29, 1.82) is 0 Å². The summed E-state index contributed by atoms with van der Waals surface area (Å²) < 4.78 is 50.0. The van der Waals surface area contributed by atoms with E-state index in [4.69, 9.17) is 9.26 Å². The highest BCUT2D eigenvalue weighted by molar-refractivity contribution is 7.15. The molecule has 1 fully saturated rings. The van der Waals surface area contributed by atoms with E-state index in [9.17, 15) is 18.0 Å². The largest absolute Gasteiger partial charge is 0.423 e. The summed E-state index contributed by atoms with van der Waals surface area (Å²) in [6.45, 7) is 5.18. The first kappa shape index (κ1) is 22.2. The minimum Gasteiger partial charge on any atom is -0.378 e. The molecule has 0 amide bonds. The van der Waals surface area contributed by atoms with Gasteiger partial charge in [-0.1, -0.05) is 5.16 Å². The fraction of sp³-hybridized carbons (Fsp3) is 0.500. The van der Waals surface area contributed by atoms with Crippen LogP contribution in [-0.4, -0.2) is 51.1 Å². The minimum absolute atomic E-state index is 0.0148. The molecule has 3 aromatic heterocycles. The Morgan fingerprint density at radius 3 is 2.88 bits per heavy atom. The molecule has 0 saturated carbocycles. The number of aryl methyl sites for hydroxylation is 1. The van der Waals surface area contributed by atoms with Gasteiger partial charge in [-0.3, -0.25) is 4.79 Å². The average Bonchev–Trinajstić information content (AvgIpc) is 3.29. The molecule has 1 saturated heterocycles. The van der Waals surface area contributed by atoms with E-state index in [2.05, 4.69) is 30.4 Å². The Labute approximate surface area is 183 Å². The fourth-order valence-electron chi connectivity index (χ4n) is 3.20. The van der Waals surface area contributed by atoms with E-state index >= 15 is 0 Å². The van der Waals surface area contributed by atoms with E-state index in [1.807, 2.05) is 13.1 Å². The summed E-state index contributed by atoms with van der Waals surface area (Å²) in [5, 5.41) is 12.8. The van der Waals surface area contributed by atoms with Crippen molar-refractivity contribution in [3.63, 3.8) is 0 Å². The third kappa shape index (κ3) is 4.91. The predicted octanol–water partition coefficient (Wildman–Crippen LogP) is 2.56. The molecule has 172 valence electrons. The van der Waals surface area contributed by atoms with Gasteiger partial charge in [-0.25, -0.2) is 10.1 Å². The predicted molar refractivity (Wildman–Crippen MR) is 109 cm³/mol. The molecule has 4 rings (SSSR count). The van der Waals surface area contributed by atoms with Gasteiger partial charge < -0.3 is 19.5 Å². The highest BCUT2D eigenvalue weighted by atomic mass is 32.1. The molecular weight excluding hydrogens is 451 g/mol. The SMILES string of the molecule is Cc1cnc(N2CC(c3noc(COCC(C)Nc4cn[nH]c(=O)c4C(F)(F)F)n3)C2)s1. The van der Waals surface area contributed by atoms with Crippen LogP contribution in [0, 0.1) is 6.92 Å². The number of nitrogens with zero attached hydrogens (tertiary/aromatic N) is 5. The van der Waals surface area contributed by atoms with E-state index in [0.29, 0.717) is 5.82 Å². The number of hydrogen-bond acceptors (Lipinski definition) is 10. The van der Waals surface area contributed by atoms with E-state index in [1.54, 1.807) is 23.4 Å². The molecule has 0 bridgehead atoms. The van der Waals surface area contributed by atoms with Crippen molar-refractivity contribution in [2.45, 2.75) is 38.6 Å². The van der Waals surface area contributed by atoms with Crippen molar-refractivity contribution in [3.8, 4) is 0 Å². The Bertz CT molecular complexity index is 1120. The molecule has 32 heavy (non-hydrogen) atoms. The molecule has 10 nitrogen and oxygen atoms in total. The Balaban J connectivity index is 1.25. The van der Waals surface area contributed by atoms with Crippen molar-refractivity contribution in [2.24, 2.45) is 0 Å². The quantitative estimate of drug-likeness (QED) is 0.510. The van der Waals surface area contributed by atoms with Crippen LogP contribution in [0.25, 0.3) is 0 Å². The fourth-order valence-corrected chi connectivity index (χ4v) is 3.98. The number of nitrogens with one attached hydrogen (secondary N) is 2. The molecule has 0 aromatic carbocycles. The summed E-state index contributed by atoms with van der Waals surface area (Å²) in [7, 11) is 0. The molecule has 1 aliphatic rings. The maximum Gasteiger partial charge on any atom is 0.423 e. The van der Waals surface area contributed by atoms with Crippen LogP contribution in [0.2, 0.25) is 0 Å². The zero-order valence-corrected chi connectivity index (χ0v) is 18.0. The van der Waals surface area contributed by atoms with E-state index in [0.717, 1.165) is 29.3 Å². The lowest BCUT2D eigenvalue weighted by atomic mass is 10.0. The second kappa shape index (κ2) is 8.86. The number of H-pyrrole nitrogens is 1.